The van der Waals surface area contributed by atoms with Crippen molar-refractivity contribution in [3.63, 3.8) is 0 Å². The van der Waals surface area contributed by atoms with Crippen LogP contribution in [-0.2, 0) is 0 Å². The Balaban J connectivity index is 3.39. The van der Waals surface area contributed by atoms with Crippen molar-refractivity contribution < 1.29 is 0 Å². The molecule has 0 amide bonds. The third-order valence-electron chi connectivity index (χ3n) is 4.26. The monoisotopic (exact) mass is 490 g/mol. The van der Waals surface area contributed by atoms with Crippen molar-refractivity contribution in [1.82, 2.24) is 9.97 Å². The van der Waals surface area contributed by atoms with Crippen molar-refractivity contribution in [1.29, 1.82) is 0 Å². The van der Waals surface area contributed by atoms with Crippen molar-refractivity contribution in [3.05, 3.63) is 31.4 Å². The van der Waals surface area contributed by atoms with E-state index >= 15 is 0 Å². The molecule has 0 aliphatic heterocycles. The molecule has 0 saturated heterocycles. The Morgan fingerprint density at radius 2 is 0.833 bits per heavy atom. The first-order valence-corrected chi connectivity index (χ1v) is 15.2. The van der Waals surface area contributed by atoms with Crippen LogP contribution < -0.4 is 21.8 Å². The van der Waals surface area contributed by atoms with Crippen molar-refractivity contribution in [2.75, 3.05) is 23.0 Å². The largest absolute Gasteiger partial charge is 0.315 e. The van der Waals surface area contributed by atoms with E-state index in [0.717, 1.165) is 82.9 Å². The second-order valence-corrected chi connectivity index (χ2v) is 12.0. The highest BCUT2D eigenvalue weighted by Gasteiger charge is 2.09. The number of nitrogens with one attached hydrogen (secondary N) is 2. The van der Waals surface area contributed by atoms with E-state index in [1.54, 1.807) is 47.0 Å². The number of thioether (sulfide) groups is 4. The summed E-state index contributed by atoms with van der Waals surface area (Å²) in [5.74, 6) is 3.85. The van der Waals surface area contributed by atoms with Crippen LogP contribution in [0.3, 0.4) is 0 Å². The fourth-order valence-electron chi connectivity index (χ4n) is 2.36. The van der Waals surface area contributed by atoms with Crippen molar-refractivity contribution >= 4 is 55.5 Å². The van der Waals surface area contributed by atoms with Gasteiger partial charge in [-0.1, -0.05) is 53.4 Å². The molecule has 8 heteroatoms. The summed E-state index contributed by atoms with van der Waals surface area (Å²) in [6.45, 7) is 8.66. The summed E-state index contributed by atoms with van der Waals surface area (Å²) in [5.41, 5.74) is -0.366. The summed E-state index contributed by atoms with van der Waals surface area (Å²) in [4.78, 5) is 31.8. The predicted molar refractivity (Wildman–Crippen MR) is 143 cm³/mol. The predicted octanol–water partition coefficient (Wildman–Crippen LogP) is 5.33. The molecule has 0 fully saturated rings. The summed E-state index contributed by atoms with van der Waals surface area (Å²) in [6, 6.07) is 0. The van der Waals surface area contributed by atoms with Crippen LogP contribution in [-0.4, -0.2) is 33.0 Å². The molecule has 0 aliphatic carbocycles. The molecule has 1 aromatic heterocycles. The Kier molecular flexibility index (Phi) is 16.1. The fraction of sp³-hybridized carbons (Fsp3) is 0.727. The molecule has 2 N–H and O–H groups in total. The number of rotatable bonds is 16. The van der Waals surface area contributed by atoms with Gasteiger partial charge in [0, 0.05) is 0 Å². The standard InChI is InChI=1S/C22H38N2O2S4/c1-5-9-13-27-21(28-14-10-6-2)17-19(25)24-18(20(26)23-17)22(29-15-11-7-3)30-16-12-8-4/h5-16H2,1-4H3,(H,23,26)(H,24,25). The minimum atomic E-state index is -0.183. The maximum Gasteiger partial charge on any atom is 0.274 e. The van der Waals surface area contributed by atoms with Gasteiger partial charge in [0.05, 0.1) is 8.47 Å². The summed E-state index contributed by atoms with van der Waals surface area (Å²) in [7, 11) is 0. The Morgan fingerprint density at radius 1 is 0.567 bits per heavy atom. The molecular formula is C22H38N2O2S4. The summed E-state index contributed by atoms with van der Waals surface area (Å²) in [5, 5.41) is 0.866. The molecule has 0 bridgehead atoms. The average Bonchev–Trinajstić information content (AvgIpc) is 2.73. The van der Waals surface area contributed by atoms with E-state index < -0.39 is 0 Å². The van der Waals surface area contributed by atoms with Gasteiger partial charge in [-0.25, -0.2) is 0 Å². The molecule has 4 nitrogen and oxygen atoms in total. The van der Waals surface area contributed by atoms with Gasteiger partial charge in [0.1, 0.15) is 10.7 Å². The maximum absolute atomic E-state index is 13.0. The second-order valence-electron chi connectivity index (χ2n) is 7.04. The molecule has 0 radical (unpaired) electrons. The number of hydrogen-bond acceptors (Lipinski definition) is 6. The number of aromatic amines is 2. The molecule has 30 heavy (non-hydrogen) atoms. The van der Waals surface area contributed by atoms with E-state index in [1.165, 1.54) is 0 Å². The molecule has 0 aliphatic rings. The number of H-pyrrole nitrogens is 2. The van der Waals surface area contributed by atoms with Crippen LogP contribution in [0.5, 0.6) is 0 Å². The van der Waals surface area contributed by atoms with Gasteiger partial charge in [-0.05, 0) is 48.7 Å². The summed E-state index contributed by atoms with van der Waals surface area (Å²) >= 11 is 6.77. The van der Waals surface area contributed by atoms with Gasteiger partial charge >= 0.3 is 0 Å². The highest BCUT2D eigenvalue weighted by atomic mass is 32.2. The lowest BCUT2D eigenvalue weighted by Gasteiger charge is -2.08. The Labute approximate surface area is 198 Å². The van der Waals surface area contributed by atoms with Crippen LogP contribution >= 0.6 is 47.0 Å². The molecule has 0 atom stereocenters. The molecule has 1 rings (SSSR count). The van der Waals surface area contributed by atoms with E-state index in [2.05, 4.69) is 37.7 Å². The van der Waals surface area contributed by atoms with Crippen molar-refractivity contribution in [2.45, 2.75) is 79.1 Å². The van der Waals surface area contributed by atoms with Crippen molar-refractivity contribution in [3.8, 4) is 0 Å². The van der Waals surface area contributed by atoms with Crippen LogP contribution in [0.1, 0.15) is 79.1 Å². The van der Waals surface area contributed by atoms with E-state index in [4.69, 9.17) is 0 Å². The van der Waals surface area contributed by atoms with E-state index in [9.17, 15) is 9.59 Å². The lowest BCUT2D eigenvalue weighted by molar-refractivity contribution is 0.896. The smallest absolute Gasteiger partial charge is 0.274 e. The first-order valence-electron chi connectivity index (χ1n) is 11.2. The molecule has 0 saturated carbocycles. The number of aromatic nitrogens is 2. The molecule has 172 valence electrons. The van der Waals surface area contributed by atoms with E-state index in [0.29, 0.717) is 10.7 Å². The van der Waals surface area contributed by atoms with Crippen LogP contribution in [0.4, 0.5) is 0 Å². The van der Waals surface area contributed by atoms with Crippen molar-refractivity contribution in [2.24, 2.45) is 0 Å². The van der Waals surface area contributed by atoms with Crippen LogP contribution in [0.25, 0.3) is 8.47 Å². The van der Waals surface area contributed by atoms with E-state index in [-0.39, 0.29) is 11.1 Å². The van der Waals surface area contributed by atoms with Crippen LogP contribution in [0.15, 0.2) is 9.59 Å². The third-order valence-corrected chi connectivity index (χ3v) is 9.51. The minimum Gasteiger partial charge on any atom is -0.315 e. The number of hydrogen-bond donors (Lipinski definition) is 2. The van der Waals surface area contributed by atoms with Gasteiger partial charge in [-0.15, -0.1) is 47.0 Å². The van der Waals surface area contributed by atoms with Gasteiger partial charge in [0.25, 0.3) is 11.1 Å². The maximum atomic E-state index is 13.0. The van der Waals surface area contributed by atoms with E-state index in [1.807, 2.05) is 0 Å². The zero-order valence-electron chi connectivity index (χ0n) is 18.9. The summed E-state index contributed by atoms with van der Waals surface area (Å²) in [6.07, 6.45) is 8.88. The lowest BCUT2D eigenvalue weighted by Crippen LogP contribution is -2.48. The quantitative estimate of drug-likeness (QED) is 0.305. The normalized spacial score (nSPS) is 11.1. The third kappa shape index (κ3) is 10.4. The Hall–Kier alpha value is -0.180. The van der Waals surface area contributed by atoms with Gasteiger partial charge in [-0.3, -0.25) is 9.59 Å². The Morgan fingerprint density at radius 3 is 1.07 bits per heavy atom. The van der Waals surface area contributed by atoms with Gasteiger partial charge in [0.15, 0.2) is 0 Å². The fourth-order valence-corrected chi connectivity index (χ4v) is 7.65. The number of unbranched alkanes of at least 4 members (excludes halogenated alkanes) is 4. The highest BCUT2D eigenvalue weighted by molar-refractivity contribution is 8.30. The molecular weight excluding hydrogens is 453 g/mol. The zero-order valence-corrected chi connectivity index (χ0v) is 22.2. The molecule has 1 aromatic rings. The topological polar surface area (TPSA) is 65.7 Å². The van der Waals surface area contributed by atoms with Gasteiger partial charge < -0.3 is 9.97 Å². The molecule has 0 spiro atoms. The first-order chi connectivity index (χ1) is 14.6. The van der Waals surface area contributed by atoms with Gasteiger partial charge in [-0.2, -0.15) is 0 Å². The van der Waals surface area contributed by atoms with Gasteiger partial charge in [0.2, 0.25) is 0 Å². The SMILES string of the molecule is CCCCSC(SCCCC)=c1[nH]c(=O)c(=C(SCCCC)SCCCC)[nH]c1=O. The minimum absolute atomic E-state index is 0.183. The lowest BCUT2D eigenvalue weighted by atomic mass is 10.4. The van der Waals surface area contributed by atoms with Crippen LogP contribution in [0, 0.1) is 0 Å². The molecule has 0 unspecified atom stereocenters. The van der Waals surface area contributed by atoms with Crippen LogP contribution in [0.2, 0.25) is 0 Å². The second kappa shape index (κ2) is 17.4. The molecule has 1 heterocycles. The molecule has 0 aromatic carbocycles. The zero-order chi connectivity index (χ0) is 22.2. The summed E-state index contributed by atoms with van der Waals surface area (Å²) < 4.78 is 1.89. The average molecular weight is 491 g/mol. The first kappa shape index (κ1) is 27.9. The highest BCUT2D eigenvalue weighted by Crippen LogP contribution is 2.30. The Bertz CT molecular complexity index is 739.